The molecule has 152 valence electrons. The predicted octanol–water partition coefficient (Wildman–Crippen LogP) is 1.36. The Hall–Kier alpha value is -3.20. The van der Waals surface area contributed by atoms with Crippen LogP contribution in [0.4, 0.5) is 0 Å². The lowest BCUT2D eigenvalue weighted by atomic mass is 10.2. The van der Waals surface area contributed by atoms with Crippen LogP contribution in [0.2, 0.25) is 0 Å². The summed E-state index contributed by atoms with van der Waals surface area (Å²) < 4.78 is 31.5. The number of carbonyl (C=O) groups excluding carboxylic acids is 2. The second kappa shape index (κ2) is 8.87. The topological polar surface area (TPSA) is 114 Å². The zero-order valence-corrected chi connectivity index (χ0v) is 16.6. The van der Waals surface area contributed by atoms with Crippen molar-refractivity contribution in [2.75, 3.05) is 6.54 Å². The Morgan fingerprint density at radius 2 is 1.79 bits per heavy atom. The molecule has 2 N–H and O–H groups in total. The summed E-state index contributed by atoms with van der Waals surface area (Å²) in [5.41, 5.74) is 1.41. The summed E-state index contributed by atoms with van der Waals surface area (Å²) in [6.07, 6.45) is -1.02. The van der Waals surface area contributed by atoms with Crippen LogP contribution in [0.5, 0.6) is 0 Å². The molecule has 1 amide bonds. The van der Waals surface area contributed by atoms with Crippen molar-refractivity contribution in [2.45, 2.75) is 30.9 Å². The number of hydrogen-bond donors (Lipinski definition) is 2. The van der Waals surface area contributed by atoms with Crippen LogP contribution in [0.1, 0.15) is 24.5 Å². The van der Waals surface area contributed by atoms with Crippen LogP contribution in [0.3, 0.4) is 0 Å². The summed E-state index contributed by atoms with van der Waals surface area (Å²) in [7, 11) is -3.61. The minimum Gasteiger partial charge on any atom is -0.452 e. The van der Waals surface area contributed by atoms with Gasteiger partial charge in [-0.05, 0) is 24.6 Å². The highest BCUT2D eigenvalue weighted by molar-refractivity contribution is 7.90. The van der Waals surface area contributed by atoms with Crippen LogP contribution in [-0.4, -0.2) is 38.8 Å². The van der Waals surface area contributed by atoms with E-state index in [1.807, 2.05) is 30.3 Å². The largest absolute Gasteiger partial charge is 0.452 e. The van der Waals surface area contributed by atoms with E-state index in [1.54, 1.807) is 18.2 Å². The first kappa shape index (κ1) is 20.5. The van der Waals surface area contributed by atoms with Gasteiger partial charge in [0.25, 0.3) is 15.9 Å². The first-order valence-corrected chi connectivity index (χ1v) is 10.5. The Labute approximate surface area is 169 Å². The van der Waals surface area contributed by atoms with Gasteiger partial charge in [-0.25, -0.2) is 8.42 Å². The molecule has 1 aliphatic rings. The van der Waals surface area contributed by atoms with Crippen molar-refractivity contribution in [3.63, 3.8) is 0 Å². The number of nitrogens with zero attached hydrogens (tertiary/aromatic N) is 1. The van der Waals surface area contributed by atoms with Crippen molar-refractivity contribution >= 4 is 27.7 Å². The molecule has 1 atom stereocenters. The lowest BCUT2D eigenvalue weighted by Gasteiger charge is -2.13. The summed E-state index contributed by atoms with van der Waals surface area (Å²) in [5, 5.41) is 2.70. The molecule has 1 heterocycles. The van der Waals surface area contributed by atoms with E-state index >= 15 is 0 Å². The third-order valence-electron chi connectivity index (χ3n) is 4.24. The van der Waals surface area contributed by atoms with E-state index in [4.69, 9.17) is 4.74 Å². The van der Waals surface area contributed by atoms with Crippen LogP contribution in [0, 0.1) is 0 Å². The molecule has 0 saturated carbocycles. The number of rotatable bonds is 7. The van der Waals surface area contributed by atoms with Crippen molar-refractivity contribution in [1.82, 2.24) is 10.0 Å². The number of carbonyl (C=O) groups is 2. The minimum absolute atomic E-state index is 0.0311. The van der Waals surface area contributed by atoms with Crippen molar-refractivity contribution in [1.29, 1.82) is 0 Å². The number of amidine groups is 1. The van der Waals surface area contributed by atoms with E-state index in [-0.39, 0.29) is 23.7 Å². The van der Waals surface area contributed by atoms with Gasteiger partial charge in [-0.2, -0.15) is 0 Å². The number of sulfonamides is 1. The number of aliphatic imine (C=N–C) groups is 1. The molecule has 0 aromatic heterocycles. The van der Waals surface area contributed by atoms with Crippen LogP contribution in [-0.2, 0) is 30.9 Å². The van der Waals surface area contributed by atoms with Gasteiger partial charge in [0.2, 0.25) is 0 Å². The number of amides is 1. The number of benzene rings is 2. The monoisotopic (exact) mass is 415 g/mol. The number of ether oxygens (including phenoxy) is 1. The van der Waals surface area contributed by atoms with Gasteiger partial charge < -0.3 is 10.1 Å². The van der Waals surface area contributed by atoms with Crippen LogP contribution < -0.4 is 10.0 Å². The van der Waals surface area contributed by atoms with Gasteiger partial charge in [0.05, 0.1) is 17.9 Å². The van der Waals surface area contributed by atoms with E-state index in [0.717, 1.165) is 5.56 Å². The Balaban J connectivity index is 1.47. The van der Waals surface area contributed by atoms with E-state index in [9.17, 15) is 18.0 Å². The lowest BCUT2D eigenvalue weighted by Crippen LogP contribution is -2.35. The maximum Gasteiger partial charge on any atom is 0.308 e. The summed E-state index contributed by atoms with van der Waals surface area (Å²) in [6, 6.07) is 15.9. The molecule has 1 aliphatic heterocycles. The average Bonchev–Trinajstić information content (AvgIpc) is 2.97. The molecule has 29 heavy (non-hydrogen) atoms. The molecule has 2 aromatic carbocycles. The highest BCUT2D eigenvalue weighted by Crippen LogP contribution is 2.22. The average molecular weight is 415 g/mol. The van der Waals surface area contributed by atoms with Gasteiger partial charge in [-0.1, -0.05) is 42.5 Å². The third-order valence-corrected chi connectivity index (χ3v) is 5.63. The van der Waals surface area contributed by atoms with Crippen molar-refractivity contribution < 1.29 is 22.7 Å². The molecule has 0 fully saturated rings. The van der Waals surface area contributed by atoms with Crippen molar-refractivity contribution in [3.8, 4) is 0 Å². The molecule has 9 heteroatoms. The Bertz CT molecular complexity index is 1040. The fraction of sp³-hybridized carbons (Fsp3) is 0.250. The van der Waals surface area contributed by atoms with Crippen LogP contribution in [0.25, 0.3) is 0 Å². The third kappa shape index (κ3) is 5.20. The highest BCUT2D eigenvalue weighted by atomic mass is 32.2. The number of nitrogens with one attached hydrogen (secondary N) is 2. The molecule has 8 nitrogen and oxygen atoms in total. The highest BCUT2D eigenvalue weighted by Gasteiger charge is 2.30. The SMILES string of the molecule is CC(OC(=O)CCN=C1NS(=O)(=O)c2ccccc21)C(=O)NCc1ccccc1. The van der Waals surface area contributed by atoms with Gasteiger partial charge in [0.1, 0.15) is 5.84 Å². The lowest BCUT2D eigenvalue weighted by molar-refractivity contribution is -0.154. The molecule has 3 rings (SSSR count). The molecule has 0 radical (unpaired) electrons. The van der Waals surface area contributed by atoms with E-state index in [1.165, 1.54) is 13.0 Å². The zero-order chi connectivity index (χ0) is 20.9. The van der Waals surface area contributed by atoms with Gasteiger partial charge in [-0.3, -0.25) is 19.3 Å². The summed E-state index contributed by atoms with van der Waals surface area (Å²) in [6.45, 7) is 1.86. The van der Waals surface area contributed by atoms with E-state index < -0.39 is 28.0 Å². The van der Waals surface area contributed by atoms with Crippen molar-refractivity contribution in [2.24, 2.45) is 4.99 Å². The maximum absolute atomic E-state index is 12.1. The van der Waals surface area contributed by atoms with Crippen molar-refractivity contribution in [3.05, 3.63) is 65.7 Å². The molecular formula is C20H21N3O5S. The number of hydrogen-bond acceptors (Lipinski definition) is 6. The molecule has 0 aliphatic carbocycles. The second-order valence-electron chi connectivity index (χ2n) is 6.42. The second-order valence-corrected chi connectivity index (χ2v) is 8.07. The normalized spacial score (nSPS) is 16.5. The van der Waals surface area contributed by atoms with Gasteiger partial charge in [0, 0.05) is 12.1 Å². The molecule has 0 spiro atoms. The summed E-state index contributed by atoms with van der Waals surface area (Å²) in [5.74, 6) is -0.793. The van der Waals surface area contributed by atoms with E-state index in [0.29, 0.717) is 12.1 Å². The number of fused-ring (bicyclic) bond motifs is 1. The Kier molecular flexibility index (Phi) is 6.28. The standard InChI is InChI=1S/C20H21N3O5S/c1-14(20(25)22-13-15-7-3-2-4-8-15)28-18(24)11-12-21-19-16-9-5-6-10-17(16)29(26,27)23-19/h2-10,14H,11-13H2,1H3,(H,21,23)(H,22,25). The maximum atomic E-state index is 12.1. The molecule has 0 saturated heterocycles. The van der Waals surface area contributed by atoms with Gasteiger partial charge in [-0.15, -0.1) is 0 Å². The first-order valence-electron chi connectivity index (χ1n) is 9.04. The number of esters is 1. The fourth-order valence-corrected chi connectivity index (χ4v) is 4.00. The predicted molar refractivity (Wildman–Crippen MR) is 107 cm³/mol. The van der Waals surface area contributed by atoms with Gasteiger partial charge >= 0.3 is 5.97 Å². The summed E-state index contributed by atoms with van der Waals surface area (Å²) >= 11 is 0. The molecular weight excluding hydrogens is 394 g/mol. The zero-order valence-electron chi connectivity index (χ0n) is 15.8. The van der Waals surface area contributed by atoms with E-state index in [2.05, 4.69) is 15.0 Å². The molecule has 0 bridgehead atoms. The Morgan fingerprint density at radius 3 is 2.55 bits per heavy atom. The van der Waals surface area contributed by atoms with Gasteiger partial charge in [0.15, 0.2) is 6.10 Å². The first-order chi connectivity index (χ1) is 13.9. The Morgan fingerprint density at radius 1 is 1.10 bits per heavy atom. The quantitative estimate of drug-likeness (QED) is 0.663. The molecule has 2 aromatic rings. The van der Waals surface area contributed by atoms with Crippen LogP contribution >= 0.6 is 0 Å². The molecule has 1 unspecified atom stereocenters. The minimum atomic E-state index is -3.61. The summed E-state index contributed by atoms with van der Waals surface area (Å²) in [4.78, 5) is 28.3. The smallest absolute Gasteiger partial charge is 0.308 e. The van der Waals surface area contributed by atoms with Crippen LogP contribution in [0.15, 0.2) is 64.5 Å². The fourth-order valence-electron chi connectivity index (χ4n) is 2.75.